The predicted octanol–water partition coefficient (Wildman–Crippen LogP) is 5.75. The Morgan fingerprint density at radius 3 is 2.56 bits per heavy atom. The van der Waals surface area contributed by atoms with Gasteiger partial charge in [-0.05, 0) is 56.6 Å². The third-order valence-electron chi connectivity index (χ3n) is 8.35. The smallest absolute Gasteiger partial charge is 0.411 e. The molecule has 0 saturated carbocycles. The molecule has 1 aliphatic rings. The molecule has 3 atom stereocenters. The number of aliphatic hydroxyl groups is 1. The van der Waals surface area contributed by atoms with Crippen molar-refractivity contribution in [3.8, 4) is 17.3 Å². The Balaban J connectivity index is 1.34. The molecule has 16 heteroatoms. The molecular formula is C36H35F3N7O5S+. The van der Waals surface area contributed by atoms with Crippen LogP contribution in [0.15, 0.2) is 76.1 Å². The molecule has 0 saturated heterocycles. The zero-order valence-corrected chi connectivity index (χ0v) is 29.2. The van der Waals surface area contributed by atoms with Gasteiger partial charge in [0.05, 0.1) is 34.6 Å². The monoisotopic (exact) mass is 734 g/mol. The molecule has 1 aliphatic heterocycles. The minimum absolute atomic E-state index is 0.0196. The molecule has 0 bridgehead atoms. The number of rotatable bonds is 14. The second-order valence-electron chi connectivity index (χ2n) is 12.3. The number of anilines is 1. The number of hydrogen-bond donors (Lipinski definition) is 2. The summed E-state index contributed by atoms with van der Waals surface area (Å²) < 4.78 is 54.8. The maximum atomic E-state index is 15.5. The average Bonchev–Trinajstić information content (AvgIpc) is 3.79. The molecule has 52 heavy (non-hydrogen) atoms. The maximum Gasteiger partial charge on any atom is 0.411 e. The van der Waals surface area contributed by atoms with Crippen LogP contribution < -0.4 is 5.32 Å². The van der Waals surface area contributed by atoms with Crippen molar-refractivity contribution in [1.82, 2.24) is 9.88 Å². The van der Waals surface area contributed by atoms with Crippen LogP contribution in [0.3, 0.4) is 0 Å². The van der Waals surface area contributed by atoms with Crippen LogP contribution in [0, 0.1) is 28.8 Å². The summed E-state index contributed by atoms with van der Waals surface area (Å²) in [4.78, 5) is 35.2. The van der Waals surface area contributed by atoms with Gasteiger partial charge in [-0.2, -0.15) is 10.3 Å². The number of aliphatic imine (C=N–C) groups is 1. The Labute approximate surface area is 301 Å². The number of nitriles is 1. The molecule has 0 fully saturated rings. The molecule has 1 amide bonds. The number of likely N-dealkylation sites (N-methyl/N-ethyl adjacent to an activating group) is 1. The van der Waals surface area contributed by atoms with E-state index in [2.05, 4.69) is 21.5 Å². The molecule has 3 aromatic carbocycles. The highest BCUT2D eigenvalue weighted by Crippen LogP contribution is 2.42. The number of ether oxygens (including phenoxy) is 2. The van der Waals surface area contributed by atoms with Gasteiger partial charge >= 0.3 is 12.1 Å². The van der Waals surface area contributed by atoms with E-state index in [1.165, 1.54) is 36.1 Å². The molecule has 2 heterocycles. The number of quaternary nitrogens is 1. The average molecular weight is 735 g/mol. The first-order valence-electron chi connectivity index (χ1n) is 15.9. The van der Waals surface area contributed by atoms with Crippen molar-refractivity contribution in [2.75, 3.05) is 45.7 Å². The lowest BCUT2D eigenvalue weighted by Gasteiger charge is -2.38. The van der Waals surface area contributed by atoms with Crippen molar-refractivity contribution < 1.29 is 41.9 Å². The first kappa shape index (κ1) is 37.8. The predicted molar refractivity (Wildman–Crippen MR) is 188 cm³/mol. The van der Waals surface area contributed by atoms with Crippen molar-refractivity contribution in [2.45, 2.75) is 25.0 Å². The summed E-state index contributed by atoms with van der Waals surface area (Å²) in [6, 6.07) is 15.6. The Morgan fingerprint density at radius 1 is 1.10 bits per heavy atom. The van der Waals surface area contributed by atoms with Gasteiger partial charge in [-0.15, -0.1) is 15.9 Å². The zero-order valence-electron chi connectivity index (χ0n) is 28.4. The number of carbonyl (C=O) groups excluding carboxylic acids is 2. The second kappa shape index (κ2) is 16.3. The fraction of sp³-hybridized carbons (Fsp3) is 0.278. The highest BCUT2D eigenvalue weighted by Gasteiger charge is 2.49. The number of thiazole rings is 1. The molecule has 4 aromatic rings. The van der Waals surface area contributed by atoms with E-state index >= 15 is 4.39 Å². The van der Waals surface area contributed by atoms with Crippen LogP contribution in [0.5, 0.6) is 0 Å². The first-order valence-corrected chi connectivity index (χ1v) is 16.8. The molecule has 1 aromatic heterocycles. The van der Waals surface area contributed by atoms with Gasteiger partial charge in [-0.1, -0.05) is 30.2 Å². The number of esters is 1. The van der Waals surface area contributed by atoms with Gasteiger partial charge in [-0.25, -0.2) is 22.9 Å². The van der Waals surface area contributed by atoms with Gasteiger partial charge in [0, 0.05) is 28.0 Å². The highest BCUT2D eigenvalue weighted by atomic mass is 32.1. The minimum Gasteiger partial charge on any atom is -0.460 e. The number of nitrogens with zero attached hydrogens (tertiary/aromatic N) is 6. The number of aromatic nitrogens is 1. The molecule has 2 N–H and O–H groups in total. The van der Waals surface area contributed by atoms with Crippen molar-refractivity contribution in [3.05, 3.63) is 105 Å². The Hall–Kier alpha value is -5.47. The van der Waals surface area contributed by atoms with E-state index in [1.807, 2.05) is 0 Å². The normalized spacial score (nSPS) is 16.7. The molecular weight excluding hydrogens is 700 g/mol. The van der Waals surface area contributed by atoms with E-state index in [-0.39, 0.29) is 43.1 Å². The quantitative estimate of drug-likeness (QED) is 0.123. The van der Waals surface area contributed by atoms with Gasteiger partial charge in [0.1, 0.15) is 43.8 Å². The lowest BCUT2D eigenvalue weighted by atomic mass is 9.81. The SMILES string of the molecule is C[C@@H](c1nc(-c2ccc(C#N)cc2)cs1)[C@](O)(C[N+]1(CCOC(=O)Nc2cccc(F)c2COC(=O)CN(C)C)C=NC=N1)c1cc(F)ccc1F. The molecule has 270 valence electrons. The third-order valence-corrected chi connectivity index (χ3v) is 9.38. The Kier molecular flexibility index (Phi) is 11.8. The topological polar surface area (TPSA) is 150 Å². The van der Waals surface area contributed by atoms with Gasteiger partial charge < -0.3 is 14.6 Å². The summed E-state index contributed by atoms with van der Waals surface area (Å²) in [5, 5.41) is 30.6. The van der Waals surface area contributed by atoms with Crippen LogP contribution in [-0.4, -0.2) is 84.7 Å². The van der Waals surface area contributed by atoms with Crippen LogP contribution >= 0.6 is 11.3 Å². The van der Waals surface area contributed by atoms with Gasteiger partial charge in [0.15, 0.2) is 11.9 Å². The van der Waals surface area contributed by atoms with Gasteiger partial charge in [0.2, 0.25) is 6.34 Å². The third kappa shape index (κ3) is 8.87. The van der Waals surface area contributed by atoms with Crippen molar-refractivity contribution in [2.24, 2.45) is 10.1 Å². The largest absolute Gasteiger partial charge is 0.460 e. The first-order chi connectivity index (χ1) is 24.8. The van der Waals surface area contributed by atoms with Crippen LogP contribution in [0.4, 0.5) is 23.7 Å². The number of amides is 1. The summed E-state index contributed by atoms with van der Waals surface area (Å²) in [5.74, 6) is -3.83. The Bertz CT molecular complexity index is 2020. The van der Waals surface area contributed by atoms with Crippen molar-refractivity contribution in [3.63, 3.8) is 0 Å². The van der Waals surface area contributed by atoms with Crippen LogP contribution in [0.1, 0.15) is 34.5 Å². The van der Waals surface area contributed by atoms with E-state index < -0.39 is 52.2 Å². The number of nitrogens with one attached hydrogen (secondary N) is 1. The van der Waals surface area contributed by atoms with E-state index in [0.29, 0.717) is 16.3 Å². The van der Waals surface area contributed by atoms with E-state index in [4.69, 9.17) is 19.7 Å². The van der Waals surface area contributed by atoms with Gasteiger partial charge in [0.25, 0.3) is 0 Å². The van der Waals surface area contributed by atoms with E-state index in [0.717, 1.165) is 29.8 Å². The van der Waals surface area contributed by atoms with Crippen molar-refractivity contribution >= 4 is 41.8 Å². The summed E-state index contributed by atoms with van der Waals surface area (Å²) in [7, 11) is 3.35. The summed E-state index contributed by atoms with van der Waals surface area (Å²) in [5.41, 5.74) is -0.720. The van der Waals surface area contributed by atoms with Crippen LogP contribution in [0.2, 0.25) is 0 Å². The molecule has 0 spiro atoms. The standard InChI is InChI=1S/C36H34F3N7O5S/c1-23(34-43-32(19-52-34)25-9-7-24(16-40)8-10-25)36(49,28-15-26(37)11-12-30(28)39)20-46(22-41-21-42-46)13-14-50-35(48)44-31-6-4-5-29(38)27(31)18-51-33(47)17-45(2)3/h4-12,15,19,21-23,49H,13-14,17-18,20H2,1-3H3/p+1/t23-,36+,46?/m0/s1. The molecule has 0 radical (unpaired) electrons. The van der Waals surface area contributed by atoms with E-state index in [9.17, 15) is 23.5 Å². The van der Waals surface area contributed by atoms with Gasteiger partial charge in [-0.3, -0.25) is 15.0 Å². The number of carbonyl (C=O) groups is 2. The Morgan fingerprint density at radius 2 is 1.87 bits per heavy atom. The lowest BCUT2D eigenvalue weighted by molar-refractivity contribution is -0.848. The lowest BCUT2D eigenvalue weighted by Crippen LogP contribution is -2.54. The summed E-state index contributed by atoms with van der Waals surface area (Å²) >= 11 is 1.22. The molecule has 0 aliphatic carbocycles. The second-order valence-corrected chi connectivity index (χ2v) is 13.2. The van der Waals surface area contributed by atoms with E-state index in [1.54, 1.807) is 55.6 Å². The molecule has 1 unspecified atom stereocenters. The zero-order chi connectivity index (χ0) is 37.5. The molecule has 12 nitrogen and oxygen atoms in total. The number of benzene rings is 3. The summed E-state index contributed by atoms with van der Waals surface area (Å²) in [6.45, 7) is 0.435. The van der Waals surface area contributed by atoms with Crippen LogP contribution in [-0.2, 0) is 26.5 Å². The summed E-state index contributed by atoms with van der Waals surface area (Å²) in [6.07, 6.45) is 1.66. The van der Waals surface area contributed by atoms with Crippen LogP contribution in [0.25, 0.3) is 11.3 Å². The highest BCUT2D eigenvalue weighted by molar-refractivity contribution is 7.10. The fourth-order valence-corrected chi connectivity index (χ4v) is 6.53. The minimum atomic E-state index is -2.12. The number of halogens is 3. The van der Waals surface area contributed by atoms with Crippen molar-refractivity contribution in [1.29, 1.82) is 5.26 Å². The maximum absolute atomic E-state index is 15.5. The number of hydrogen-bond acceptors (Lipinski definition) is 11. The molecule has 5 rings (SSSR count). The fourth-order valence-electron chi connectivity index (χ4n) is 5.55.